The van der Waals surface area contributed by atoms with Crippen molar-refractivity contribution in [3.8, 4) is 46.0 Å². The van der Waals surface area contributed by atoms with Gasteiger partial charge in [0.1, 0.15) is 58.1 Å². The summed E-state index contributed by atoms with van der Waals surface area (Å²) in [6.45, 7) is 17.4. The summed E-state index contributed by atoms with van der Waals surface area (Å²) in [6.07, 6.45) is -14.2. The van der Waals surface area contributed by atoms with Gasteiger partial charge in [0.05, 0.1) is 35.1 Å². The molecule has 2 atom stereocenters. The molecule has 0 N–H and O–H groups in total. The van der Waals surface area contributed by atoms with Crippen molar-refractivity contribution in [2.45, 2.75) is 128 Å². The van der Waals surface area contributed by atoms with E-state index in [2.05, 4.69) is 0 Å². The Morgan fingerprint density at radius 1 is 0.386 bits per heavy atom. The van der Waals surface area contributed by atoms with Crippen molar-refractivity contribution in [1.29, 1.82) is 0 Å². The maximum Gasteiger partial charge on any atom is 0.501 e. The molecule has 0 radical (unpaired) electrons. The third-order valence-electron chi connectivity index (χ3n) is 22.3. The van der Waals surface area contributed by atoms with Crippen molar-refractivity contribution in [1.82, 2.24) is 29.4 Å². The lowest BCUT2D eigenvalue weighted by molar-refractivity contribution is -0.159. The minimum atomic E-state index is -5.15. The van der Waals surface area contributed by atoms with E-state index in [-0.39, 0.29) is 187 Å². The number of hydrogen-bond donors (Lipinski definition) is 0. The van der Waals surface area contributed by atoms with Gasteiger partial charge in [-0.25, -0.2) is 0 Å². The predicted octanol–water partition coefficient (Wildman–Crippen LogP) is 16.9. The van der Waals surface area contributed by atoms with Crippen LogP contribution < -0.4 is 18.9 Å². The molecular formula is C85H94F6N6O15Si2. The molecular weight excluding hydrogens is 1520 g/mol. The summed E-state index contributed by atoms with van der Waals surface area (Å²) in [4.78, 5) is 103. The maximum absolute atomic E-state index is 16.4. The molecule has 4 heterocycles. The number of fused-ring (bicyclic) bond motifs is 2. The third-order valence-corrected chi connectivity index (χ3v) is 26.8. The molecule has 21 nitrogen and oxygen atoms in total. The summed E-state index contributed by atoms with van der Waals surface area (Å²) in [5, 5.41) is -0.237. The van der Waals surface area contributed by atoms with Crippen molar-refractivity contribution in [2.24, 2.45) is 0 Å². The quantitative estimate of drug-likeness (QED) is 0.0140. The molecule has 4 aliphatic heterocycles. The highest BCUT2D eigenvalue weighted by Crippen LogP contribution is 2.59. The van der Waals surface area contributed by atoms with Crippen LogP contribution in [0.25, 0.3) is 43.1 Å². The van der Waals surface area contributed by atoms with Crippen LogP contribution in [0.4, 0.5) is 26.3 Å². The number of ether oxygens (including phenoxy) is 4. The lowest BCUT2D eigenvalue weighted by Gasteiger charge is -2.40. The molecule has 9 aromatic carbocycles. The lowest BCUT2D eigenvalue weighted by Crippen LogP contribution is -2.59. The van der Waals surface area contributed by atoms with Crippen LogP contribution in [0, 0.1) is 0 Å². The Morgan fingerprint density at radius 2 is 0.649 bits per heavy atom. The van der Waals surface area contributed by atoms with Crippen LogP contribution in [-0.2, 0) is 31.7 Å². The molecule has 13 rings (SSSR count). The standard InChI is InChI=1S/C85H94F6N6O15Si2/c1-48(2)52-14-22-56(23-15-52)109-66-42-60-70-61(79(99)96(78(60)98)64(46-84(86,87)88)82(102)94-34-30-92(31-35-94)38-40-113(104-9)105-10)43-67(110-57-24-16-53(17-25-57)49(3)4)73-75-69(112-59-28-20-55(21-29-59)51(7)8)45-63-71-62(44-68(74(77(71)75)72(66)76(70)73)111-58-26-18-54(19-27-58)50(5)6)80(100)97(81(63)101)65(47-85(89,90)91)83(103)95-36-32-93(33-37-95)39-41-114(106-11,107-12)108-13/h14-29,42-45,48-51,64-65,113H,30-41,46-47H2,1-13H3. The highest BCUT2D eigenvalue weighted by molar-refractivity contribution is 6.60. The smallest absolute Gasteiger partial charge is 0.457 e. The summed E-state index contributed by atoms with van der Waals surface area (Å²) >= 11 is 0. The number of carbonyl (C=O) groups excluding carboxylic acids is 6. The molecule has 2 unspecified atom stereocenters. The Kier molecular flexibility index (Phi) is 24.1. The van der Waals surface area contributed by atoms with Crippen LogP contribution in [0.3, 0.4) is 0 Å². The summed E-state index contributed by atoms with van der Waals surface area (Å²) in [5.74, 6) is -7.52. The summed E-state index contributed by atoms with van der Waals surface area (Å²) in [7, 11) is 2.43. The van der Waals surface area contributed by atoms with Crippen molar-refractivity contribution < 1.29 is 96.2 Å². The molecule has 0 aliphatic carbocycles. The van der Waals surface area contributed by atoms with Gasteiger partial charge in [-0.2, -0.15) is 26.3 Å². The second-order valence-corrected chi connectivity index (χ2v) is 36.2. The molecule has 604 valence electrons. The Balaban J connectivity index is 1.11. The van der Waals surface area contributed by atoms with Crippen LogP contribution in [0.1, 0.15) is 156 Å². The molecule has 9 aromatic rings. The van der Waals surface area contributed by atoms with Gasteiger partial charge in [-0.3, -0.25) is 48.4 Å². The number of amides is 6. The SMILES string of the molecule is CO[SiH](CCN1CCN(C(=O)C(CC(F)(F)F)N2C(=O)c3cc(Oc4ccc(C(C)C)cc4)c4c5c(Oc6ccc(C(C)C)cc6)cc6c7c(cc(Oc8ccc(C(C)C)cc8)c(c8c(Oc9ccc(C(C)C)cc9)cc(c3c48)C2=O)c75)C(=O)N(C(CC(F)(F)F)C(=O)N2CCN(CC[Si](OC)(OC)OC)CC2)C6=O)CC1)OC. The first kappa shape index (κ1) is 82.4. The fourth-order valence-corrected chi connectivity index (χ4v) is 18.9. The van der Waals surface area contributed by atoms with Gasteiger partial charge in [0, 0.05) is 156 Å². The maximum atomic E-state index is 16.4. The molecule has 114 heavy (non-hydrogen) atoms. The topological polar surface area (TPSA) is 205 Å². The first-order valence-corrected chi connectivity index (χ1v) is 42.1. The van der Waals surface area contributed by atoms with E-state index in [9.17, 15) is 0 Å². The number of imide groups is 2. The molecule has 0 spiro atoms. The molecule has 0 bridgehead atoms. The average molecular weight is 1610 g/mol. The number of alkyl halides is 6. The largest absolute Gasteiger partial charge is 0.501 e. The fraction of sp³-hybridized carbons (Fsp3) is 0.412. The Labute approximate surface area is 660 Å². The lowest BCUT2D eigenvalue weighted by atomic mass is 9.80. The van der Waals surface area contributed by atoms with Crippen molar-refractivity contribution >= 4 is 96.6 Å². The number of carbonyl (C=O) groups is 6. The van der Waals surface area contributed by atoms with Gasteiger partial charge in [-0.05, 0) is 119 Å². The molecule has 0 aromatic heterocycles. The number of rotatable bonds is 29. The van der Waals surface area contributed by atoms with Crippen LogP contribution in [0.15, 0.2) is 121 Å². The third kappa shape index (κ3) is 16.5. The zero-order valence-corrected chi connectivity index (χ0v) is 68.2. The van der Waals surface area contributed by atoms with Crippen LogP contribution in [-0.4, -0.2) is 208 Å². The van der Waals surface area contributed by atoms with E-state index < -0.39 is 90.8 Å². The normalized spacial score (nSPS) is 16.1. The van der Waals surface area contributed by atoms with Gasteiger partial charge >= 0.3 is 30.4 Å². The van der Waals surface area contributed by atoms with Gasteiger partial charge in [0.25, 0.3) is 23.6 Å². The molecule has 2 saturated heterocycles. The molecule has 4 aliphatic rings. The van der Waals surface area contributed by atoms with Gasteiger partial charge < -0.3 is 50.9 Å². The number of halogens is 6. The minimum absolute atomic E-state index is 0.00454. The number of hydrogen-bond acceptors (Lipinski definition) is 17. The zero-order chi connectivity index (χ0) is 81.7. The fourth-order valence-electron chi connectivity index (χ4n) is 15.9. The highest BCUT2D eigenvalue weighted by Gasteiger charge is 2.52. The van der Waals surface area contributed by atoms with Crippen molar-refractivity contribution in [3.05, 3.63) is 166 Å². The van der Waals surface area contributed by atoms with Gasteiger partial charge in [0.15, 0.2) is 0 Å². The van der Waals surface area contributed by atoms with E-state index in [4.69, 9.17) is 41.1 Å². The number of piperazine rings is 2. The van der Waals surface area contributed by atoms with Gasteiger partial charge in [-0.15, -0.1) is 0 Å². The number of nitrogens with zero attached hydrogens (tertiary/aromatic N) is 6. The minimum Gasteiger partial charge on any atom is -0.457 e. The predicted molar refractivity (Wildman–Crippen MR) is 424 cm³/mol. The van der Waals surface area contributed by atoms with E-state index in [1.165, 1.54) is 55.4 Å². The second-order valence-electron chi connectivity index (χ2n) is 30.7. The molecule has 2 fully saturated rings. The summed E-state index contributed by atoms with van der Waals surface area (Å²) in [5.41, 5.74) is 2.04. The monoisotopic (exact) mass is 1610 g/mol. The van der Waals surface area contributed by atoms with Crippen LogP contribution in [0.2, 0.25) is 12.1 Å². The highest BCUT2D eigenvalue weighted by atomic mass is 28.4. The van der Waals surface area contributed by atoms with E-state index >= 15 is 55.1 Å². The van der Waals surface area contributed by atoms with Crippen molar-refractivity contribution in [2.75, 3.05) is 101 Å². The van der Waals surface area contributed by atoms with Gasteiger partial charge in [0.2, 0.25) is 11.8 Å². The van der Waals surface area contributed by atoms with E-state index in [0.717, 1.165) is 22.3 Å². The van der Waals surface area contributed by atoms with E-state index in [0.29, 0.717) is 35.0 Å². The Bertz CT molecular complexity index is 4660. The molecule has 29 heteroatoms. The van der Waals surface area contributed by atoms with Gasteiger partial charge in [-0.1, -0.05) is 104 Å². The van der Waals surface area contributed by atoms with E-state index in [1.54, 1.807) is 62.8 Å². The first-order chi connectivity index (χ1) is 54.3. The molecule has 6 amide bonds. The molecule has 0 saturated carbocycles. The summed E-state index contributed by atoms with van der Waals surface area (Å²) in [6, 6.07) is 29.1. The Hall–Kier alpha value is -9.57. The second kappa shape index (κ2) is 33.3. The zero-order valence-electron chi connectivity index (χ0n) is 66.1. The van der Waals surface area contributed by atoms with Crippen molar-refractivity contribution in [3.63, 3.8) is 0 Å². The van der Waals surface area contributed by atoms with Crippen LogP contribution >= 0.6 is 0 Å². The number of benzene rings is 9. The first-order valence-electron chi connectivity index (χ1n) is 38.4. The Morgan fingerprint density at radius 3 is 0.886 bits per heavy atom. The summed E-state index contributed by atoms with van der Waals surface area (Å²) < 4.78 is 150. The average Bonchev–Trinajstić information content (AvgIpc) is 0.670. The van der Waals surface area contributed by atoms with Crippen LogP contribution in [0.5, 0.6) is 46.0 Å². The van der Waals surface area contributed by atoms with E-state index in [1.807, 2.05) is 114 Å².